The van der Waals surface area contributed by atoms with Crippen LogP contribution >= 0.6 is 11.3 Å². The van der Waals surface area contributed by atoms with Crippen molar-refractivity contribution in [2.24, 2.45) is 0 Å². The number of thiazole rings is 1. The van der Waals surface area contributed by atoms with Gasteiger partial charge in [0.15, 0.2) is 11.6 Å². The van der Waals surface area contributed by atoms with Crippen molar-refractivity contribution < 1.29 is 9.18 Å². The standard InChI is InChI=1S/C11H11FN4OS/c1-13-10-9(12)7(2-3-15-10)11(17)16-6-8-14-4-5-18-8/h2-5H,6H2,1H3,(H,13,15)(H,16,17). The fourth-order valence-electron chi connectivity index (χ4n) is 1.38. The maximum atomic E-state index is 13.8. The molecule has 0 radical (unpaired) electrons. The fourth-order valence-corrected chi connectivity index (χ4v) is 1.94. The van der Waals surface area contributed by atoms with E-state index in [0.29, 0.717) is 0 Å². The third kappa shape index (κ3) is 2.62. The number of aromatic nitrogens is 2. The molecule has 0 saturated carbocycles. The zero-order valence-electron chi connectivity index (χ0n) is 9.61. The summed E-state index contributed by atoms with van der Waals surface area (Å²) in [6.07, 6.45) is 3.03. The van der Waals surface area contributed by atoms with Gasteiger partial charge >= 0.3 is 0 Å². The molecule has 2 rings (SSSR count). The molecule has 0 bridgehead atoms. The van der Waals surface area contributed by atoms with Crippen molar-refractivity contribution in [1.82, 2.24) is 15.3 Å². The maximum Gasteiger partial charge on any atom is 0.254 e. The highest BCUT2D eigenvalue weighted by molar-refractivity contribution is 7.09. The molecule has 7 heteroatoms. The van der Waals surface area contributed by atoms with E-state index >= 15 is 0 Å². The van der Waals surface area contributed by atoms with Crippen molar-refractivity contribution in [2.45, 2.75) is 6.54 Å². The number of nitrogens with zero attached hydrogens (tertiary/aromatic N) is 2. The molecular weight excluding hydrogens is 255 g/mol. The average Bonchev–Trinajstić information content (AvgIpc) is 2.89. The first-order valence-electron chi connectivity index (χ1n) is 5.21. The third-order valence-electron chi connectivity index (χ3n) is 2.25. The molecule has 0 spiro atoms. The van der Waals surface area contributed by atoms with Crippen LogP contribution in [-0.2, 0) is 6.54 Å². The highest BCUT2D eigenvalue weighted by Crippen LogP contribution is 2.14. The Labute approximate surface area is 107 Å². The number of anilines is 1. The maximum absolute atomic E-state index is 13.8. The zero-order valence-corrected chi connectivity index (χ0v) is 10.4. The Kier molecular flexibility index (Phi) is 3.83. The number of hydrogen-bond donors (Lipinski definition) is 2. The number of halogens is 1. The fraction of sp³-hybridized carbons (Fsp3) is 0.182. The number of hydrogen-bond acceptors (Lipinski definition) is 5. The molecule has 0 aliphatic heterocycles. The average molecular weight is 266 g/mol. The molecule has 2 aromatic heterocycles. The van der Waals surface area contributed by atoms with Gasteiger partial charge in [0.1, 0.15) is 5.01 Å². The molecule has 1 amide bonds. The smallest absolute Gasteiger partial charge is 0.254 e. The number of pyridine rings is 1. The van der Waals surface area contributed by atoms with Crippen molar-refractivity contribution in [3.8, 4) is 0 Å². The molecule has 0 atom stereocenters. The number of carbonyl (C=O) groups excluding carboxylic acids is 1. The van der Waals surface area contributed by atoms with Crippen LogP contribution in [0.3, 0.4) is 0 Å². The van der Waals surface area contributed by atoms with Crippen LogP contribution in [0.4, 0.5) is 10.2 Å². The zero-order chi connectivity index (χ0) is 13.0. The van der Waals surface area contributed by atoms with Gasteiger partial charge in [0.05, 0.1) is 12.1 Å². The summed E-state index contributed by atoms with van der Waals surface area (Å²) >= 11 is 1.43. The SMILES string of the molecule is CNc1nccc(C(=O)NCc2nccs2)c1F. The van der Waals surface area contributed by atoms with Gasteiger partial charge in [-0.2, -0.15) is 0 Å². The van der Waals surface area contributed by atoms with E-state index in [-0.39, 0.29) is 17.9 Å². The van der Waals surface area contributed by atoms with E-state index in [9.17, 15) is 9.18 Å². The summed E-state index contributed by atoms with van der Waals surface area (Å²) in [5.74, 6) is -1.09. The predicted molar refractivity (Wildman–Crippen MR) is 67.0 cm³/mol. The van der Waals surface area contributed by atoms with E-state index in [0.717, 1.165) is 5.01 Å². The summed E-state index contributed by atoms with van der Waals surface area (Å²) in [7, 11) is 1.54. The van der Waals surface area contributed by atoms with Crippen molar-refractivity contribution >= 4 is 23.1 Å². The molecule has 18 heavy (non-hydrogen) atoms. The van der Waals surface area contributed by atoms with Crippen LogP contribution in [-0.4, -0.2) is 22.9 Å². The molecule has 0 aliphatic rings. The highest BCUT2D eigenvalue weighted by Gasteiger charge is 2.15. The van der Waals surface area contributed by atoms with Crippen LogP contribution in [0.2, 0.25) is 0 Å². The molecule has 0 fully saturated rings. The molecule has 0 saturated heterocycles. The molecule has 2 heterocycles. The number of carbonyl (C=O) groups is 1. The minimum atomic E-state index is -0.656. The van der Waals surface area contributed by atoms with Gasteiger partial charge in [-0.3, -0.25) is 4.79 Å². The molecule has 0 aliphatic carbocycles. The van der Waals surface area contributed by atoms with E-state index in [1.807, 2.05) is 5.38 Å². The van der Waals surface area contributed by atoms with Gasteiger partial charge in [-0.1, -0.05) is 0 Å². The van der Waals surface area contributed by atoms with Crippen LogP contribution in [0, 0.1) is 5.82 Å². The molecular formula is C11H11FN4OS. The Morgan fingerprint density at radius 1 is 1.44 bits per heavy atom. The number of amides is 1. The molecule has 0 unspecified atom stereocenters. The van der Waals surface area contributed by atoms with E-state index in [1.165, 1.54) is 23.6 Å². The van der Waals surface area contributed by atoms with Gasteiger partial charge in [0.2, 0.25) is 0 Å². The Bertz CT molecular complexity index is 544. The Morgan fingerprint density at radius 2 is 2.28 bits per heavy atom. The minimum Gasteiger partial charge on any atom is -0.371 e. The van der Waals surface area contributed by atoms with Crippen LogP contribution in [0.1, 0.15) is 15.4 Å². The van der Waals surface area contributed by atoms with Crippen molar-refractivity contribution in [2.75, 3.05) is 12.4 Å². The molecule has 5 nitrogen and oxygen atoms in total. The second-order valence-electron chi connectivity index (χ2n) is 3.38. The molecule has 2 aromatic rings. The molecule has 0 aromatic carbocycles. The van der Waals surface area contributed by atoms with Crippen LogP contribution in [0.15, 0.2) is 23.8 Å². The topological polar surface area (TPSA) is 66.9 Å². The van der Waals surface area contributed by atoms with Gasteiger partial charge in [0, 0.05) is 24.8 Å². The summed E-state index contributed by atoms with van der Waals surface area (Å²) in [5, 5.41) is 7.77. The van der Waals surface area contributed by atoms with E-state index < -0.39 is 11.7 Å². The lowest BCUT2D eigenvalue weighted by Crippen LogP contribution is -2.24. The van der Waals surface area contributed by atoms with Gasteiger partial charge in [-0.25, -0.2) is 14.4 Å². The second-order valence-corrected chi connectivity index (χ2v) is 4.36. The Hall–Kier alpha value is -2.02. The first-order chi connectivity index (χ1) is 8.72. The normalized spacial score (nSPS) is 10.1. The largest absolute Gasteiger partial charge is 0.371 e. The lowest BCUT2D eigenvalue weighted by Gasteiger charge is -2.07. The monoisotopic (exact) mass is 266 g/mol. The number of nitrogens with one attached hydrogen (secondary N) is 2. The van der Waals surface area contributed by atoms with E-state index in [1.54, 1.807) is 13.2 Å². The minimum absolute atomic E-state index is 0.0362. The van der Waals surface area contributed by atoms with Crippen molar-refractivity contribution in [1.29, 1.82) is 0 Å². The van der Waals surface area contributed by atoms with E-state index in [2.05, 4.69) is 20.6 Å². The van der Waals surface area contributed by atoms with Gasteiger partial charge in [-0.15, -0.1) is 11.3 Å². The summed E-state index contributed by atoms with van der Waals surface area (Å²) in [5.41, 5.74) is -0.0362. The summed E-state index contributed by atoms with van der Waals surface area (Å²) in [6, 6.07) is 1.34. The lowest BCUT2D eigenvalue weighted by molar-refractivity contribution is 0.0947. The van der Waals surface area contributed by atoms with Crippen LogP contribution in [0.25, 0.3) is 0 Å². The lowest BCUT2D eigenvalue weighted by atomic mass is 10.2. The van der Waals surface area contributed by atoms with Gasteiger partial charge in [-0.05, 0) is 6.07 Å². The van der Waals surface area contributed by atoms with Crippen molar-refractivity contribution in [3.63, 3.8) is 0 Å². The van der Waals surface area contributed by atoms with Gasteiger partial charge in [0.25, 0.3) is 5.91 Å². The Morgan fingerprint density at radius 3 is 2.94 bits per heavy atom. The molecule has 2 N–H and O–H groups in total. The van der Waals surface area contributed by atoms with Crippen molar-refractivity contribution in [3.05, 3.63) is 40.2 Å². The summed E-state index contributed by atoms with van der Waals surface area (Å²) < 4.78 is 13.8. The Balaban J connectivity index is 2.09. The molecule has 94 valence electrons. The van der Waals surface area contributed by atoms with Crippen LogP contribution in [0.5, 0.6) is 0 Å². The van der Waals surface area contributed by atoms with Gasteiger partial charge < -0.3 is 10.6 Å². The summed E-state index contributed by atoms with van der Waals surface area (Å²) in [6.45, 7) is 0.285. The second kappa shape index (κ2) is 5.54. The predicted octanol–water partition coefficient (Wildman–Crippen LogP) is 1.65. The quantitative estimate of drug-likeness (QED) is 0.883. The van der Waals surface area contributed by atoms with E-state index in [4.69, 9.17) is 0 Å². The first kappa shape index (κ1) is 12.4. The first-order valence-corrected chi connectivity index (χ1v) is 6.09. The van der Waals surface area contributed by atoms with Crippen LogP contribution < -0.4 is 10.6 Å². The highest BCUT2D eigenvalue weighted by atomic mass is 32.1. The summed E-state index contributed by atoms with van der Waals surface area (Å²) in [4.78, 5) is 19.6. The third-order valence-corrected chi connectivity index (χ3v) is 3.03. The number of rotatable bonds is 4.